The molecule has 0 radical (unpaired) electrons. The van der Waals surface area contributed by atoms with Crippen LogP contribution in [0, 0.1) is 11.8 Å². The van der Waals surface area contributed by atoms with Gasteiger partial charge in [0.05, 0.1) is 0 Å². The summed E-state index contributed by atoms with van der Waals surface area (Å²) in [5.74, 6) is 1.63. The highest BCUT2D eigenvalue weighted by Gasteiger charge is 2.40. The minimum Gasteiger partial charge on any atom is -0.330 e. The summed E-state index contributed by atoms with van der Waals surface area (Å²) in [5, 5.41) is 0. The van der Waals surface area contributed by atoms with Crippen molar-refractivity contribution in [1.29, 1.82) is 0 Å². The summed E-state index contributed by atoms with van der Waals surface area (Å²) in [7, 11) is 6.78. The normalized spacial score (nSPS) is 31.0. The SMILES string of the molecule is CN(CC1CCCC1CN)CC1(N(C)C)CCC1. The second-order valence-corrected chi connectivity index (χ2v) is 6.86. The highest BCUT2D eigenvalue weighted by Crippen LogP contribution is 2.37. The van der Waals surface area contributed by atoms with Crippen molar-refractivity contribution < 1.29 is 0 Å². The smallest absolute Gasteiger partial charge is 0.0330 e. The molecule has 0 aromatic rings. The first-order chi connectivity index (χ1) is 8.57. The van der Waals surface area contributed by atoms with Crippen LogP contribution < -0.4 is 5.73 Å². The van der Waals surface area contributed by atoms with Crippen molar-refractivity contribution in [2.24, 2.45) is 17.6 Å². The molecule has 2 atom stereocenters. The highest BCUT2D eigenvalue weighted by molar-refractivity contribution is 4.98. The Morgan fingerprint density at radius 1 is 1.06 bits per heavy atom. The lowest BCUT2D eigenvalue weighted by atomic mass is 9.75. The first-order valence-electron chi connectivity index (χ1n) is 7.63. The molecule has 0 saturated heterocycles. The molecule has 2 aliphatic rings. The average molecular weight is 253 g/mol. The van der Waals surface area contributed by atoms with Gasteiger partial charge in [0.15, 0.2) is 0 Å². The molecule has 2 unspecified atom stereocenters. The molecular formula is C15H31N3. The maximum absolute atomic E-state index is 5.89. The largest absolute Gasteiger partial charge is 0.330 e. The van der Waals surface area contributed by atoms with E-state index in [4.69, 9.17) is 5.73 Å². The fraction of sp³-hybridized carbons (Fsp3) is 1.00. The monoisotopic (exact) mass is 253 g/mol. The summed E-state index contributed by atoms with van der Waals surface area (Å²) in [5.41, 5.74) is 6.35. The van der Waals surface area contributed by atoms with Gasteiger partial charge in [0.1, 0.15) is 0 Å². The third-order valence-corrected chi connectivity index (χ3v) is 5.46. The predicted octanol–water partition coefficient (Wildman–Crippen LogP) is 1.78. The number of nitrogens with two attached hydrogens (primary N) is 1. The summed E-state index contributed by atoms with van der Waals surface area (Å²) in [6.45, 7) is 3.36. The van der Waals surface area contributed by atoms with Crippen LogP contribution in [-0.4, -0.2) is 56.1 Å². The van der Waals surface area contributed by atoms with Crippen LogP contribution in [0.15, 0.2) is 0 Å². The van der Waals surface area contributed by atoms with Crippen molar-refractivity contribution in [1.82, 2.24) is 9.80 Å². The molecule has 0 spiro atoms. The van der Waals surface area contributed by atoms with Gasteiger partial charge in [-0.05, 0) is 71.6 Å². The lowest BCUT2D eigenvalue weighted by molar-refractivity contribution is 0.0226. The van der Waals surface area contributed by atoms with E-state index in [9.17, 15) is 0 Å². The van der Waals surface area contributed by atoms with Crippen LogP contribution >= 0.6 is 0 Å². The van der Waals surface area contributed by atoms with Gasteiger partial charge >= 0.3 is 0 Å². The van der Waals surface area contributed by atoms with Gasteiger partial charge in [0, 0.05) is 18.6 Å². The summed E-state index contributed by atoms with van der Waals surface area (Å²) in [6.07, 6.45) is 8.28. The van der Waals surface area contributed by atoms with Crippen LogP contribution in [0.5, 0.6) is 0 Å². The van der Waals surface area contributed by atoms with E-state index in [1.807, 2.05) is 0 Å². The second-order valence-electron chi connectivity index (χ2n) is 6.86. The molecular weight excluding hydrogens is 222 g/mol. The van der Waals surface area contributed by atoms with Gasteiger partial charge in [0.2, 0.25) is 0 Å². The second kappa shape index (κ2) is 5.89. The molecule has 0 aromatic heterocycles. The Bertz CT molecular complexity index is 260. The van der Waals surface area contributed by atoms with Gasteiger partial charge in [-0.25, -0.2) is 0 Å². The van der Waals surface area contributed by atoms with E-state index in [1.165, 1.54) is 51.6 Å². The van der Waals surface area contributed by atoms with Crippen molar-refractivity contribution >= 4 is 0 Å². The zero-order valence-electron chi connectivity index (χ0n) is 12.5. The molecule has 2 fully saturated rings. The van der Waals surface area contributed by atoms with E-state index in [1.54, 1.807) is 0 Å². The van der Waals surface area contributed by atoms with E-state index >= 15 is 0 Å². The topological polar surface area (TPSA) is 32.5 Å². The quantitative estimate of drug-likeness (QED) is 0.783. The number of nitrogens with zero attached hydrogens (tertiary/aromatic N) is 2. The summed E-state index contributed by atoms with van der Waals surface area (Å²) < 4.78 is 0. The van der Waals surface area contributed by atoms with Crippen LogP contribution in [0.25, 0.3) is 0 Å². The van der Waals surface area contributed by atoms with Gasteiger partial charge in [0.25, 0.3) is 0 Å². The third-order valence-electron chi connectivity index (χ3n) is 5.46. The van der Waals surface area contributed by atoms with Crippen molar-refractivity contribution in [2.45, 2.75) is 44.1 Å². The maximum Gasteiger partial charge on any atom is 0.0330 e. The molecule has 0 amide bonds. The molecule has 2 saturated carbocycles. The molecule has 0 aromatic carbocycles. The number of rotatable bonds is 6. The van der Waals surface area contributed by atoms with Crippen LogP contribution in [0.4, 0.5) is 0 Å². The zero-order valence-corrected chi connectivity index (χ0v) is 12.5. The van der Waals surface area contributed by atoms with Crippen LogP contribution in [0.1, 0.15) is 38.5 Å². The van der Waals surface area contributed by atoms with Gasteiger partial charge in [-0.2, -0.15) is 0 Å². The summed E-state index contributed by atoms with van der Waals surface area (Å²) in [6, 6.07) is 0. The van der Waals surface area contributed by atoms with Crippen LogP contribution in [-0.2, 0) is 0 Å². The first kappa shape index (κ1) is 14.3. The maximum atomic E-state index is 5.89. The molecule has 106 valence electrons. The number of likely N-dealkylation sites (N-methyl/N-ethyl adjacent to an activating group) is 2. The molecule has 0 heterocycles. The van der Waals surface area contributed by atoms with Crippen molar-refractivity contribution in [3.05, 3.63) is 0 Å². The van der Waals surface area contributed by atoms with Gasteiger partial charge in [-0.1, -0.05) is 6.42 Å². The van der Waals surface area contributed by atoms with Crippen LogP contribution in [0.3, 0.4) is 0 Å². The minimum absolute atomic E-state index is 0.464. The van der Waals surface area contributed by atoms with E-state index in [-0.39, 0.29) is 0 Å². The Balaban J connectivity index is 1.82. The fourth-order valence-corrected chi connectivity index (χ4v) is 3.96. The molecule has 2 N–H and O–H groups in total. The van der Waals surface area contributed by atoms with E-state index in [2.05, 4.69) is 30.9 Å². The van der Waals surface area contributed by atoms with Gasteiger partial charge in [-0.3, -0.25) is 0 Å². The molecule has 0 bridgehead atoms. The van der Waals surface area contributed by atoms with E-state index in [0.29, 0.717) is 5.54 Å². The van der Waals surface area contributed by atoms with Crippen LogP contribution in [0.2, 0.25) is 0 Å². The predicted molar refractivity (Wildman–Crippen MR) is 77.7 cm³/mol. The van der Waals surface area contributed by atoms with Gasteiger partial charge < -0.3 is 15.5 Å². The Morgan fingerprint density at radius 2 is 1.72 bits per heavy atom. The first-order valence-corrected chi connectivity index (χ1v) is 7.63. The molecule has 3 heteroatoms. The molecule has 18 heavy (non-hydrogen) atoms. The summed E-state index contributed by atoms with van der Waals surface area (Å²) in [4.78, 5) is 5.01. The molecule has 2 rings (SSSR count). The minimum atomic E-state index is 0.464. The zero-order chi connectivity index (χ0) is 13.2. The third kappa shape index (κ3) is 2.89. The lowest BCUT2D eigenvalue weighted by Gasteiger charge is -2.49. The Hall–Kier alpha value is -0.120. The van der Waals surface area contributed by atoms with Gasteiger partial charge in [-0.15, -0.1) is 0 Å². The van der Waals surface area contributed by atoms with Crippen molar-refractivity contribution in [2.75, 3.05) is 40.8 Å². The standard InChI is InChI=1S/C15H31N3/c1-17(2)15(8-5-9-15)12-18(3)11-14-7-4-6-13(14)10-16/h13-14H,4-12,16H2,1-3H3. The molecule has 2 aliphatic carbocycles. The Labute approximate surface area is 113 Å². The van der Waals surface area contributed by atoms with E-state index < -0.39 is 0 Å². The average Bonchev–Trinajstić information content (AvgIpc) is 2.70. The number of hydrogen-bond donors (Lipinski definition) is 1. The molecule has 0 aliphatic heterocycles. The summed E-state index contributed by atoms with van der Waals surface area (Å²) >= 11 is 0. The Kier molecular flexibility index (Phi) is 4.68. The highest BCUT2D eigenvalue weighted by atomic mass is 15.2. The van der Waals surface area contributed by atoms with Crippen molar-refractivity contribution in [3.63, 3.8) is 0 Å². The molecule has 3 nitrogen and oxygen atoms in total. The lowest BCUT2D eigenvalue weighted by Crippen LogP contribution is -2.57. The van der Waals surface area contributed by atoms with Crippen molar-refractivity contribution in [3.8, 4) is 0 Å². The fourth-order valence-electron chi connectivity index (χ4n) is 3.96. The number of hydrogen-bond acceptors (Lipinski definition) is 3. The van der Waals surface area contributed by atoms with E-state index in [0.717, 1.165) is 18.4 Å². The Morgan fingerprint density at radius 3 is 2.22 bits per heavy atom.